The summed E-state index contributed by atoms with van der Waals surface area (Å²) in [5, 5.41) is 11.3. The lowest BCUT2D eigenvalue weighted by molar-refractivity contribution is 0.0406. The molecule has 3 nitrogen and oxygen atoms in total. The summed E-state index contributed by atoms with van der Waals surface area (Å²) in [5.41, 5.74) is 2.23. The standard InChI is InChI=1S/C16H17NO2/c18-12-15-11-16(13-7-3-1-4-8-13)17(19-15)14-9-5-2-6-10-14/h1-10,15-16,18H,11-12H2/t15-,16+/m0/s1. The van der Waals surface area contributed by atoms with Crippen LogP contribution in [0.3, 0.4) is 0 Å². The third-order valence-corrected chi connectivity index (χ3v) is 3.43. The van der Waals surface area contributed by atoms with Crippen molar-refractivity contribution in [1.29, 1.82) is 0 Å². The number of benzene rings is 2. The molecular weight excluding hydrogens is 238 g/mol. The largest absolute Gasteiger partial charge is 0.394 e. The van der Waals surface area contributed by atoms with Crippen molar-refractivity contribution >= 4 is 5.69 Å². The zero-order chi connectivity index (χ0) is 13.1. The SMILES string of the molecule is OC[C@@H]1C[C@H](c2ccccc2)N(c2ccccc2)O1. The van der Waals surface area contributed by atoms with Gasteiger partial charge < -0.3 is 5.11 Å². The van der Waals surface area contributed by atoms with E-state index in [2.05, 4.69) is 12.1 Å². The van der Waals surface area contributed by atoms with E-state index in [9.17, 15) is 5.11 Å². The van der Waals surface area contributed by atoms with E-state index in [0.717, 1.165) is 12.1 Å². The fourth-order valence-corrected chi connectivity index (χ4v) is 2.49. The maximum atomic E-state index is 9.34. The first-order valence-electron chi connectivity index (χ1n) is 6.55. The maximum Gasteiger partial charge on any atom is 0.111 e. The van der Waals surface area contributed by atoms with Gasteiger partial charge in [-0.15, -0.1) is 0 Å². The molecule has 19 heavy (non-hydrogen) atoms. The summed E-state index contributed by atoms with van der Waals surface area (Å²) in [6.07, 6.45) is 0.667. The Morgan fingerprint density at radius 2 is 1.63 bits per heavy atom. The Kier molecular flexibility index (Phi) is 3.49. The van der Waals surface area contributed by atoms with E-state index in [1.165, 1.54) is 5.56 Å². The molecule has 1 fully saturated rings. The lowest BCUT2D eigenvalue weighted by Crippen LogP contribution is -2.22. The second-order valence-electron chi connectivity index (χ2n) is 4.73. The fourth-order valence-electron chi connectivity index (χ4n) is 2.49. The van der Waals surface area contributed by atoms with Gasteiger partial charge in [0.25, 0.3) is 0 Å². The van der Waals surface area contributed by atoms with Crippen LogP contribution in [0.5, 0.6) is 0 Å². The molecule has 1 aliphatic rings. The Hall–Kier alpha value is -1.84. The number of rotatable bonds is 3. The predicted molar refractivity (Wildman–Crippen MR) is 74.7 cm³/mol. The summed E-state index contributed by atoms with van der Waals surface area (Å²) in [6, 6.07) is 20.4. The molecule has 0 spiro atoms. The average molecular weight is 255 g/mol. The van der Waals surface area contributed by atoms with Gasteiger partial charge in [0.1, 0.15) is 6.10 Å². The number of para-hydroxylation sites is 1. The zero-order valence-corrected chi connectivity index (χ0v) is 10.6. The molecule has 0 aromatic heterocycles. The van der Waals surface area contributed by atoms with Gasteiger partial charge in [-0.2, -0.15) is 0 Å². The summed E-state index contributed by atoms with van der Waals surface area (Å²) in [7, 11) is 0. The van der Waals surface area contributed by atoms with E-state index in [0.29, 0.717) is 0 Å². The van der Waals surface area contributed by atoms with Gasteiger partial charge in [0.2, 0.25) is 0 Å². The number of hydroxylamine groups is 1. The van der Waals surface area contributed by atoms with Crippen molar-refractivity contribution in [1.82, 2.24) is 0 Å². The molecule has 98 valence electrons. The summed E-state index contributed by atoms with van der Waals surface area (Å²) in [4.78, 5) is 5.85. The second kappa shape index (κ2) is 5.43. The maximum absolute atomic E-state index is 9.34. The number of aliphatic hydroxyl groups excluding tert-OH is 1. The third-order valence-electron chi connectivity index (χ3n) is 3.43. The smallest absolute Gasteiger partial charge is 0.111 e. The first kappa shape index (κ1) is 12.2. The van der Waals surface area contributed by atoms with E-state index < -0.39 is 0 Å². The molecule has 2 atom stereocenters. The highest BCUT2D eigenvalue weighted by molar-refractivity contribution is 5.47. The van der Waals surface area contributed by atoms with Crippen molar-refractivity contribution in [2.24, 2.45) is 0 Å². The first-order chi connectivity index (χ1) is 9.38. The molecule has 1 N–H and O–H groups in total. The Labute approximate surface area is 113 Å². The Balaban J connectivity index is 1.92. The van der Waals surface area contributed by atoms with Gasteiger partial charge in [-0.05, 0) is 17.7 Å². The topological polar surface area (TPSA) is 32.7 Å². The van der Waals surface area contributed by atoms with Crippen molar-refractivity contribution in [2.75, 3.05) is 11.7 Å². The van der Waals surface area contributed by atoms with Crippen LogP contribution in [0.4, 0.5) is 5.69 Å². The van der Waals surface area contributed by atoms with Crippen LogP contribution in [-0.4, -0.2) is 17.8 Å². The number of hydrogen-bond acceptors (Lipinski definition) is 3. The van der Waals surface area contributed by atoms with Crippen molar-refractivity contribution < 1.29 is 9.94 Å². The zero-order valence-electron chi connectivity index (χ0n) is 10.6. The molecule has 1 saturated heterocycles. The minimum Gasteiger partial charge on any atom is -0.394 e. The summed E-state index contributed by atoms with van der Waals surface area (Å²) >= 11 is 0. The normalized spacial score (nSPS) is 22.7. The molecule has 0 bridgehead atoms. The van der Waals surface area contributed by atoms with Crippen LogP contribution in [-0.2, 0) is 4.84 Å². The van der Waals surface area contributed by atoms with E-state index in [-0.39, 0.29) is 18.8 Å². The lowest BCUT2D eigenvalue weighted by atomic mass is 10.0. The van der Waals surface area contributed by atoms with Crippen LogP contribution in [0.2, 0.25) is 0 Å². The Bertz CT molecular complexity index is 467. The van der Waals surface area contributed by atoms with Gasteiger partial charge in [0, 0.05) is 6.42 Å². The molecule has 3 heteroatoms. The fraction of sp³-hybridized carbons (Fsp3) is 0.250. The Morgan fingerprint density at radius 1 is 1.00 bits per heavy atom. The first-order valence-corrected chi connectivity index (χ1v) is 6.55. The van der Waals surface area contributed by atoms with Crippen LogP contribution in [0.1, 0.15) is 18.0 Å². The number of anilines is 1. The van der Waals surface area contributed by atoms with Crippen LogP contribution >= 0.6 is 0 Å². The molecule has 0 saturated carbocycles. The van der Waals surface area contributed by atoms with Crippen molar-refractivity contribution in [3.63, 3.8) is 0 Å². The van der Waals surface area contributed by atoms with Crippen LogP contribution in [0.25, 0.3) is 0 Å². The van der Waals surface area contributed by atoms with Gasteiger partial charge in [-0.25, -0.2) is 5.06 Å². The summed E-state index contributed by atoms with van der Waals surface area (Å²) < 4.78 is 0. The average Bonchev–Trinajstić information content (AvgIpc) is 2.93. The monoisotopic (exact) mass is 255 g/mol. The van der Waals surface area contributed by atoms with Crippen molar-refractivity contribution in [3.05, 3.63) is 66.2 Å². The van der Waals surface area contributed by atoms with Crippen LogP contribution in [0.15, 0.2) is 60.7 Å². The molecule has 2 aromatic rings. The molecule has 0 amide bonds. The van der Waals surface area contributed by atoms with Gasteiger partial charge in [-0.1, -0.05) is 48.5 Å². The number of hydrogen-bond donors (Lipinski definition) is 1. The molecular formula is C16H17NO2. The van der Waals surface area contributed by atoms with Gasteiger partial charge >= 0.3 is 0 Å². The van der Waals surface area contributed by atoms with E-state index in [4.69, 9.17) is 4.84 Å². The number of nitrogens with zero attached hydrogens (tertiary/aromatic N) is 1. The van der Waals surface area contributed by atoms with Crippen LogP contribution in [0, 0.1) is 0 Å². The summed E-state index contributed by atoms with van der Waals surface area (Å²) in [5.74, 6) is 0. The number of aliphatic hydroxyl groups is 1. The molecule has 0 radical (unpaired) electrons. The van der Waals surface area contributed by atoms with E-state index in [1.807, 2.05) is 53.6 Å². The molecule has 0 unspecified atom stereocenters. The molecule has 0 aliphatic carbocycles. The summed E-state index contributed by atoms with van der Waals surface area (Å²) in [6.45, 7) is 0.0483. The third kappa shape index (κ3) is 2.48. The molecule has 1 heterocycles. The van der Waals surface area contributed by atoms with Crippen molar-refractivity contribution in [3.8, 4) is 0 Å². The predicted octanol–water partition coefficient (Wildman–Crippen LogP) is 2.93. The van der Waals surface area contributed by atoms with E-state index in [1.54, 1.807) is 0 Å². The highest BCUT2D eigenvalue weighted by atomic mass is 16.7. The Morgan fingerprint density at radius 3 is 2.26 bits per heavy atom. The van der Waals surface area contributed by atoms with E-state index >= 15 is 0 Å². The molecule has 2 aromatic carbocycles. The van der Waals surface area contributed by atoms with Crippen LogP contribution < -0.4 is 5.06 Å². The van der Waals surface area contributed by atoms with Gasteiger partial charge in [-0.3, -0.25) is 4.84 Å². The highest BCUT2D eigenvalue weighted by Crippen LogP contribution is 2.37. The minimum atomic E-state index is -0.134. The molecule has 1 aliphatic heterocycles. The quantitative estimate of drug-likeness (QED) is 0.915. The highest BCUT2D eigenvalue weighted by Gasteiger charge is 2.34. The second-order valence-corrected chi connectivity index (χ2v) is 4.73. The molecule has 3 rings (SSSR count). The lowest BCUT2D eigenvalue weighted by Gasteiger charge is -2.25. The van der Waals surface area contributed by atoms with Gasteiger partial charge in [0.15, 0.2) is 0 Å². The minimum absolute atomic E-state index is 0.0483. The van der Waals surface area contributed by atoms with Crippen molar-refractivity contribution in [2.45, 2.75) is 18.6 Å². The van der Waals surface area contributed by atoms with Gasteiger partial charge in [0.05, 0.1) is 18.3 Å².